The van der Waals surface area contributed by atoms with E-state index in [0.29, 0.717) is 26.1 Å². The van der Waals surface area contributed by atoms with E-state index in [2.05, 4.69) is 38.2 Å². The molecule has 0 heterocycles. The molecule has 6 heteroatoms. The summed E-state index contributed by atoms with van der Waals surface area (Å²) in [4.78, 5) is 23.9. The van der Waals surface area contributed by atoms with E-state index in [-0.39, 0.29) is 24.1 Å². The number of allylic oxidation sites excluding steroid dienone is 2. The monoisotopic (exact) mass is 651 g/mol. The van der Waals surface area contributed by atoms with Gasteiger partial charge < -0.3 is 19.7 Å². The van der Waals surface area contributed by atoms with Crippen LogP contribution in [0.4, 0.5) is 0 Å². The highest BCUT2D eigenvalue weighted by Crippen LogP contribution is 2.13. The van der Waals surface area contributed by atoms with Crippen molar-refractivity contribution in [2.45, 2.75) is 206 Å². The first-order valence-electron chi connectivity index (χ1n) is 19.5. The van der Waals surface area contributed by atoms with E-state index < -0.39 is 0 Å². The molecule has 0 radical (unpaired) electrons. The summed E-state index contributed by atoms with van der Waals surface area (Å²) < 4.78 is 10.6. The van der Waals surface area contributed by atoms with Gasteiger partial charge in [0, 0.05) is 12.8 Å². The summed E-state index contributed by atoms with van der Waals surface area (Å²) in [5.74, 6) is -0.257. The third-order valence-corrected chi connectivity index (χ3v) is 8.50. The number of carbonyl (C=O) groups is 2. The molecular weight excluding hydrogens is 576 g/mol. The Hall–Kier alpha value is -1.66. The van der Waals surface area contributed by atoms with Gasteiger partial charge in [0.25, 0.3) is 0 Å². The number of esters is 2. The number of hydrogen-bond acceptors (Lipinski definition) is 6. The van der Waals surface area contributed by atoms with Crippen LogP contribution in [0.2, 0.25) is 0 Å². The molecule has 0 aliphatic heterocycles. The third-order valence-electron chi connectivity index (χ3n) is 8.50. The van der Waals surface area contributed by atoms with Crippen LogP contribution in [0.1, 0.15) is 194 Å². The van der Waals surface area contributed by atoms with Crippen LogP contribution in [-0.2, 0) is 19.1 Å². The van der Waals surface area contributed by atoms with Crippen LogP contribution < -0.4 is 0 Å². The molecule has 0 bridgehead atoms. The average Bonchev–Trinajstić information content (AvgIpc) is 3.04. The van der Waals surface area contributed by atoms with Crippen molar-refractivity contribution in [3.8, 4) is 0 Å². The lowest BCUT2D eigenvalue weighted by Gasteiger charge is -2.07. The zero-order valence-electron chi connectivity index (χ0n) is 30.2. The molecule has 0 aromatic carbocycles. The fourth-order valence-electron chi connectivity index (χ4n) is 5.44. The molecule has 0 spiro atoms. The Morgan fingerprint density at radius 3 is 1.26 bits per heavy atom. The number of aliphatic hydroxyl groups excluding tert-OH is 2. The maximum Gasteiger partial charge on any atom is 0.305 e. The average molecular weight is 651 g/mol. The third kappa shape index (κ3) is 35.2. The second-order valence-electron chi connectivity index (χ2n) is 13.2. The number of unbranched alkanes of at least 4 members (excludes halogenated alkanes) is 17. The molecule has 2 N–H and O–H groups in total. The molecule has 0 aliphatic carbocycles. The number of rotatable bonds is 35. The SMILES string of the molecule is CCCCCC[C@@H](O)C/C=C\CCCCCCCC(=O)OCCCCOC(=O)CCCCCCC/C=C\C[C@H](O)CCCCCC. The molecule has 0 aliphatic rings. The molecule has 6 nitrogen and oxygen atoms in total. The van der Waals surface area contributed by atoms with Gasteiger partial charge in [-0.25, -0.2) is 0 Å². The smallest absolute Gasteiger partial charge is 0.305 e. The number of ether oxygens (including phenoxy) is 2. The summed E-state index contributed by atoms with van der Waals surface area (Å²) in [5, 5.41) is 20.0. The summed E-state index contributed by atoms with van der Waals surface area (Å²) in [6.07, 6.45) is 36.6. The van der Waals surface area contributed by atoms with Gasteiger partial charge in [0.2, 0.25) is 0 Å². The Balaban J connectivity index is 3.41. The minimum absolute atomic E-state index is 0.129. The predicted octanol–water partition coefficient (Wildman–Crippen LogP) is 10.9. The molecule has 2 atom stereocenters. The Kier molecular flexibility index (Phi) is 34.9. The van der Waals surface area contributed by atoms with Gasteiger partial charge in [-0.3, -0.25) is 9.59 Å². The lowest BCUT2D eigenvalue weighted by molar-refractivity contribution is -0.146. The molecule has 0 amide bonds. The standard InChI is InChI=1S/C40H74O6/c1-3-5-7-21-29-37(41)31-23-17-13-9-11-15-19-25-33-39(43)45-35-27-28-36-46-40(44)34-26-20-16-12-10-14-18-24-32-38(42)30-22-8-6-4-2/h17-18,23-24,37-38,41-42H,3-16,19-22,25-36H2,1-2H3/b23-17-,24-18-/t37-,38-/m1/s1. The van der Waals surface area contributed by atoms with Crippen LogP contribution >= 0.6 is 0 Å². The zero-order chi connectivity index (χ0) is 33.8. The van der Waals surface area contributed by atoms with E-state index >= 15 is 0 Å². The normalized spacial score (nSPS) is 13.0. The van der Waals surface area contributed by atoms with E-state index in [1.165, 1.54) is 51.4 Å². The van der Waals surface area contributed by atoms with Gasteiger partial charge in [0.1, 0.15) is 0 Å². The molecule has 0 saturated carbocycles. The molecule has 0 unspecified atom stereocenters. The van der Waals surface area contributed by atoms with Crippen LogP contribution in [0.3, 0.4) is 0 Å². The lowest BCUT2D eigenvalue weighted by Crippen LogP contribution is -2.08. The van der Waals surface area contributed by atoms with Gasteiger partial charge in [-0.15, -0.1) is 0 Å². The molecule has 270 valence electrons. The van der Waals surface area contributed by atoms with Crippen molar-refractivity contribution in [3.63, 3.8) is 0 Å². The van der Waals surface area contributed by atoms with Crippen molar-refractivity contribution in [3.05, 3.63) is 24.3 Å². The van der Waals surface area contributed by atoms with E-state index in [1.807, 2.05) is 0 Å². The molecule has 0 saturated heterocycles. The minimum atomic E-state index is -0.192. The van der Waals surface area contributed by atoms with Crippen molar-refractivity contribution in [2.75, 3.05) is 13.2 Å². The van der Waals surface area contributed by atoms with Crippen molar-refractivity contribution in [2.24, 2.45) is 0 Å². The summed E-state index contributed by atoms with van der Waals surface area (Å²) in [6.45, 7) is 5.20. The second kappa shape index (κ2) is 36.2. The van der Waals surface area contributed by atoms with Gasteiger partial charge in [0.15, 0.2) is 0 Å². The highest BCUT2D eigenvalue weighted by atomic mass is 16.5. The lowest BCUT2D eigenvalue weighted by atomic mass is 10.1. The Labute approximate surface area is 284 Å². The van der Waals surface area contributed by atoms with E-state index in [9.17, 15) is 19.8 Å². The van der Waals surface area contributed by atoms with Crippen molar-refractivity contribution in [1.29, 1.82) is 0 Å². The van der Waals surface area contributed by atoms with Crippen LogP contribution in [0.25, 0.3) is 0 Å². The fraction of sp³-hybridized carbons (Fsp3) is 0.850. The summed E-state index contributed by atoms with van der Waals surface area (Å²) in [7, 11) is 0. The Bertz CT molecular complexity index is 659. The van der Waals surface area contributed by atoms with Crippen LogP contribution in [0, 0.1) is 0 Å². The first-order valence-corrected chi connectivity index (χ1v) is 19.5. The first kappa shape index (κ1) is 44.3. The van der Waals surface area contributed by atoms with Gasteiger partial charge in [-0.2, -0.15) is 0 Å². The minimum Gasteiger partial charge on any atom is -0.466 e. The molecule has 0 aromatic heterocycles. The zero-order valence-corrected chi connectivity index (χ0v) is 30.2. The quantitative estimate of drug-likeness (QED) is 0.0403. The highest BCUT2D eigenvalue weighted by Gasteiger charge is 2.05. The number of carbonyl (C=O) groups excluding carboxylic acids is 2. The first-order chi connectivity index (χ1) is 22.5. The Morgan fingerprint density at radius 1 is 0.478 bits per heavy atom. The predicted molar refractivity (Wildman–Crippen MR) is 193 cm³/mol. The van der Waals surface area contributed by atoms with Crippen LogP contribution in [-0.4, -0.2) is 47.6 Å². The molecule has 0 rings (SSSR count). The second-order valence-corrected chi connectivity index (χ2v) is 13.2. The maximum atomic E-state index is 11.9. The summed E-state index contributed by atoms with van der Waals surface area (Å²) in [6, 6.07) is 0. The van der Waals surface area contributed by atoms with Gasteiger partial charge >= 0.3 is 11.9 Å². The summed E-state index contributed by atoms with van der Waals surface area (Å²) >= 11 is 0. The van der Waals surface area contributed by atoms with Gasteiger partial charge in [0.05, 0.1) is 25.4 Å². The topological polar surface area (TPSA) is 93.1 Å². The molecular formula is C40H74O6. The van der Waals surface area contributed by atoms with Gasteiger partial charge in [-0.05, 0) is 77.0 Å². The van der Waals surface area contributed by atoms with Crippen LogP contribution in [0.5, 0.6) is 0 Å². The van der Waals surface area contributed by atoms with Crippen molar-refractivity contribution >= 4 is 11.9 Å². The van der Waals surface area contributed by atoms with E-state index in [0.717, 1.165) is 116 Å². The van der Waals surface area contributed by atoms with Gasteiger partial charge in [-0.1, -0.05) is 128 Å². The molecule has 0 aromatic rings. The Morgan fingerprint density at radius 2 is 0.848 bits per heavy atom. The fourth-order valence-corrected chi connectivity index (χ4v) is 5.44. The maximum absolute atomic E-state index is 11.9. The molecule has 0 fully saturated rings. The summed E-state index contributed by atoms with van der Waals surface area (Å²) in [5.41, 5.74) is 0. The molecule has 46 heavy (non-hydrogen) atoms. The van der Waals surface area contributed by atoms with E-state index in [4.69, 9.17) is 9.47 Å². The largest absolute Gasteiger partial charge is 0.466 e. The van der Waals surface area contributed by atoms with Crippen molar-refractivity contribution < 1.29 is 29.3 Å². The number of aliphatic hydroxyl groups is 2. The number of hydrogen-bond donors (Lipinski definition) is 2. The highest BCUT2D eigenvalue weighted by molar-refractivity contribution is 5.69. The van der Waals surface area contributed by atoms with Crippen LogP contribution in [0.15, 0.2) is 24.3 Å². The van der Waals surface area contributed by atoms with E-state index in [1.54, 1.807) is 0 Å². The van der Waals surface area contributed by atoms with Crippen molar-refractivity contribution in [1.82, 2.24) is 0 Å².